The number of ether oxygens (including phenoxy) is 2. The molecule has 1 saturated heterocycles. The summed E-state index contributed by atoms with van der Waals surface area (Å²) in [5.74, 6) is 0. The number of hydrogen-bond donors (Lipinski definition) is 0. The van der Waals surface area contributed by atoms with Gasteiger partial charge in [0.25, 0.3) is 0 Å². The van der Waals surface area contributed by atoms with Crippen molar-refractivity contribution in [1.29, 1.82) is 0 Å². The molecule has 130 valence electrons. The van der Waals surface area contributed by atoms with Gasteiger partial charge in [0, 0.05) is 0 Å². The van der Waals surface area contributed by atoms with Crippen LogP contribution in [0.15, 0.2) is 11.6 Å². The van der Waals surface area contributed by atoms with Crippen molar-refractivity contribution in [3.05, 3.63) is 44.9 Å². The van der Waals surface area contributed by atoms with Gasteiger partial charge >= 0.3 is 150 Å². The van der Waals surface area contributed by atoms with E-state index in [9.17, 15) is 0 Å². The average Bonchev–Trinajstić information content (AvgIpc) is 2.73. The molecule has 0 spiro atoms. The molecular weight excluding hydrogens is 358 g/mol. The van der Waals surface area contributed by atoms with Gasteiger partial charge in [0.05, 0.1) is 0 Å². The van der Waals surface area contributed by atoms with Gasteiger partial charge in [-0.1, -0.05) is 0 Å². The van der Waals surface area contributed by atoms with Crippen LogP contribution < -0.4 is 0 Å². The van der Waals surface area contributed by atoms with Crippen LogP contribution in [0.2, 0.25) is 0 Å². The first-order valence-electron chi connectivity index (χ1n) is 5.80. The van der Waals surface area contributed by atoms with Crippen molar-refractivity contribution in [3.8, 4) is 0 Å². The molecule has 1 rings (SSSR count). The zero-order valence-electron chi connectivity index (χ0n) is 13.3. The van der Waals surface area contributed by atoms with Crippen molar-refractivity contribution < 1.29 is 48.6 Å². The molecular formula is C15H17CrNO7. The Kier molecular flexibility index (Phi) is 53.7. The minimum absolute atomic E-state index is 0.668. The van der Waals surface area contributed by atoms with Crippen LogP contribution in [0, 0.1) is 33.3 Å². The first-order chi connectivity index (χ1) is 11.8. The number of hydrogen-bond acceptors (Lipinski definition) is 3. The molecule has 0 aliphatic carbocycles. The van der Waals surface area contributed by atoms with Gasteiger partial charge in [-0.15, -0.1) is 0 Å². The predicted molar refractivity (Wildman–Crippen MR) is 72.7 cm³/mol. The van der Waals surface area contributed by atoms with Crippen LogP contribution in [-0.4, -0.2) is 49.4 Å². The summed E-state index contributed by atoms with van der Waals surface area (Å²) in [6.45, 7) is 28.9. The summed E-state index contributed by atoms with van der Waals surface area (Å²) in [6, 6.07) is 0. The Morgan fingerprint density at radius 2 is 1.38 bits per heavy atom. The summed E-state index contributed by atoms with van der Waals surface area (Å²) in [6.07, 6.45) is 2.08. The van der Waals surface area contributed by atoms with E-state index in [4.69, 9.17) is 32.7 Å². The zero-order chi connectivity index (χ0) is 20.4. The number of nitrogens with zero attached hydrogens (tertiary/aromatic N) is 1. The van der Waals surface area contributed by atoms with Gasteiger partial charge in [-0.25, -0.2) is 0 Å². The molecule has 0 N–H and O–H groups in total. The van der Waals surface area contributed by atoms with Crippen LogP contribution in [0.1, 0.15) is 6.92 Å². The second-order valence-corrected chi connectivity index (χ2v) is 3.85. The van der Waals surface area contributed by atoms with E-state index in [1.54, 1.807) is 7.11 Å². The molecule has 1 heterocycles. The van der Waals surface area contributed by atoms with Crippen LogP contribution in [0.25, 0.3) is 0 Å². The van der Waals surface area contributed by atoms with E-state index in [2.05, 4.69) is 67.0 Å². The Hall–Kier alpha value is -1.28. The van der Waals surface area contributed by atoms with E-state index >= 15 is 0 Å². The van der Waals surface area contributed by atoms with Crippen molar-refractivity contribution in [2.24, 2.45) is 0 Å². The van der Waals surface area contributed by atoms with Gasteiger partial charge in [-0.05, 0) is 0 Å². The van der Waals surface area contributed by atoms with E-state index in [-0.39, 0.29) is 0 Å². The van der Waals surface area contributed by atoms with Crippen LogP contribution in [-0.2, 0) is 48.6 Å². The monoisotopic (exact) mass is 375 g/mol. The Labute approximate surface area is 150 Å². The molecule has 0 unspecified atom stereocenters. The Bertz CT molecular complexity index is 369. The first kappa shape index (κ1) is 34.1. The third-order valence-electron chi connectivity index (χ3n) is 2.19. The fraction of sp³-hybridized carbons (Fsp3) is 0.467. The van der Waals surface area contributed by atoms with Crippen molar-refractivity contribution in [2.45, 2.75) is 6.92 Å². The number of morpholine rings is 1. The maximum absolute atomic E-state index is 7.50. The molecule has 0 aromatic carbocycles. The van der Waals surface area contributed by atoms with Crippen molar-refractivity contribution in [2.75, 3.05) is 40.0 Å². The molecule has 0 amide bonds. The van der Waals surface area contributed by atoms with Gasteiger partial charge in [0.15, 0.2) is 0 Å². The van der Waals surface area contributed by atoms with Crippen LogP contribution in [0.4, 0.5) is 0 Å². The minimum atomic E-state index is 0.668. The number of rotatable bonds is 4. The third kappa shape index (κ3) is 23.0. The topological polar surface area (TPSA) is 121 Å². The second-order valence-electron chi connectivity index (χ2n) is 3.25. The molecule has 0 aromatic rings. The SMILES string of the molecule is COC/C=C(\C)[C](=[Cr])N1CCOCC1.[C-]#[O+].[C-]#[O+].[C-]#[O+].[C-]#[O+].[C-]#[O+]. The summed E-state index contributed by atoms with van der Waals surface area (Å²) in [7, 11) is 1.71. The molecule has 0 saturated carbocycles. The molecule has 0 aromatic heterocycles. The molecule has 0 atom stereocenters. The summed E-state index contributed by atoms with van der Waals surface area (Å²) < 4.78 is 49.0. The van der Waals surface area contributed by atoms with Crippen molar-refractivity contribution >= 4 is 4.50 Å². The van der Waals surface area contributed by atoms with Crippen molar-refractivity contribution in [1.82, 2.24) is 4.90 Å². The molecule has 9 heteroatoms. The Morgan fingerprint density at radius 1 is 1.00 bits per heavy atom. The standard InChI is InChI=1S/C10H17NO2.5CO.Cr/c1-10(3-6-12-2)9-11-4-7-13-8-5-11;5*1-2;/h3H,4-8H2,1-2H3;;;;;;/b10-3+;;;;;;. The quantitative estimate of drug-likeness (QED) is 0.522. The van der Waals surface area contributed by atoms with E-state index < -0.39 is 0 Å². The summed E-state index contributed by atoms with van der Waals surface area (Å²) in [4.78, 5) is 2.31. The van der Waals surface area contributed by atoms with Crippen LogP contribution in [0.5, 0.6) is 0 Å². The molecule has 0 bridgehead atoms. The van der Waals surface area contributed by atoms with Gasteiger partial charge in [0.1, 0.15) is 0 Å². The van der Waals surface area contributed by atoms with Gasteiger partial charge < -0.3 is 0 Å². The van der Waals surface area contributed by atoms with Crippen LogP contribution >= 0.6 is 0 Å². The molecule has 1 aliphatic rings. The van der Waals surface area contributed by atoms with Crippen molar-refractivity contribution in [3.63, 3.8) is 0 Å². The van der Waals surface area contributed by atoms with E-state index in [1.165, 1.54) is 10.1 Å². The van der Waals surface area contributed by atoms with E-state index in [0.29, 0.717) is 6.61 Å². The average molecular weight is 375 g/mol. The summed E-state index contributed by atoms with van der Waals surface area (Å²) in [5.41, 5.74) is 1.24. The van der Waals surface area contributed by atoms with E-state index in [0.717, 1.165) is 26.3 Å². The Balaban J connectivity index is -0.000000103. The number of methoxy groups -OCH3 is 1. The fourth-order valence-electron chi connectivity index (χ4n) is 1.31. The summed E-state index contributed by atoms with van der Waals surface area (Å²) in [5, 5.41) is 0. The maximum atomic E-state index is 7.50. The van der Waals surface area contributed by atoms with Gasteiger partial charge in [-0.2, -0.15) is 0 Å². The van der Waals surface area contributed by atoms with Gasteiger partial charge in [0.2, 0.25) is 0 Å². The molecule has 8 nitrogen and oxygen atoms in total. The van der Waals surface area contributed by atoms with E-state index in [1.807, 2.05) is 0 Å². The second kappa shape index (κ2) is 37.7. The normalized spacial score (nSPS) is 11.9. The zero-order valence-corrected chi connectivity index (χ0v) is 14.6. The molecule has 24 heavy (non-hydrogen) atoms. The third-order valence-corrected chi connectivity index (χ3v) is 3.10. The van der Waals surface area contributed by atoms with Gasteiger partial charge in [-0.3, -0.25) is 0 Å². The van der Waals surface area contributed by atoms with Crippen LogP contribution in [0.3, 0.4) is 0 Å². The fourth-order valence-corrected chi connectivity index (χ4v) is 1.73. The molecule has 1 aliphatic heterocycles. The first-order valence-corrected chi connectivity index (χ1v) is 6.44. The Morgan fingerprint density at radius 3 is 1.71 bits per heavy atom. The predicted octanol–water partition coefficient (Wildman–Crippen LogP) is 0.400. The summed E-state index contributed by atoms with van der Waals surface area (Å²) >= 11 is 3.12. The molecule has 1 fully saturated rings. The molecule has 0 radical (unpaired) electrons.